The second-order valence-corrected chi connectivity index (χ2v) is 4.85. The van der Waals surface area contributed by atoms with Crippen molar-refractivity contribution in [3.05, 3.63) is 0 Å². The maximum Gasteiger partial charge on any atom is 0.311 e. The number of ether oxygens (including phenoxy) is 1. The van der Waals surface area contributed by atoms with Gasteiger partial charge in [0.25, 0.3) is 0 Å². The molecule has 0 aromatic carbocycles. The van der Waals surface area contributed by atoms with Crippen LogP contribution in [0.2, 0.25) is 0 Å². The number of amides is 1. The van der Waals surface area contributed by atoms with Gasteiger partial charge in [0, 0.05) is 13.2 Å². The van der Waals surface area contributed by atoms with Gasteiger partial charge >= 0.3 is 5.97 Å². The van der Waals surface area contributed by atoms with E-state index >= 15 is 0 Å². The van der Waals surface area contributed by atoms with Crippen molar-refractivity contribution in [2.75, 3.05) is 13.2 Å². The fourth-order valence-corrected chi connectivity index (χ4v) is 2.11. The maximum absolute atomic E-state index is 11.8. The molecular formula is C13H23NO4. The quantitative estimate of drug-likeness (QED) is 0.689. The van der Waals surface area contributed by atoms with Crippen molar-refractivity contribution in [2.24, 2.45) is 11.3 Å². The number of carbonyl (C=O) groups excluding carboxylic acids is 1. The zero-order chi connectivity index (χ0) is 13.8. The second-order valence-electron chi connectivity index (χ2n) is 4.85. The monoisotopic (exact) mass is 257 g/mol. The zero-order valence-electron chi connectivity index (χ0n) is 11.4. The number of carbonyl (C=O) groups is 2. The van der Waals surface area contributed by atoms with Gasteiger partial charge in [0.05, 0.1) is 17.4 Å². The van der Waals surface area contributed by atoms with Gasteiger partial charge in [0.2, 0.25) is 5.91 Å². The van der Waals surface area contributed by atoms with Crippen molar-refractivity contribution >= 4 is 11.9 Å². The van der Waals surface area contributed by atoms with Crippen molar-refractivity contribution in [3.8, 4) is 0 Å². The van der Waals surface area contributed by atoms with Crippen LogP contribution in [-0.2, 0) is 14.3 Å². The van der Waals surface area contributed by atoms with E-state index in [0.29, 0.717) is 19.4 Å². The van der Waals surface area contributed by atoms with E-state index in [9.17, 15) is 14.7 Å². The molecule has 1 saturated carbocycles. The Hall–Kier alpha value is -1.10. The normalized spacial score (nSPS) is 22.6. The zero-order valence-corrected chi connectivity index (χ0v) is 11.4. The van der Waals surface area contributed by atoms with Gasteiger partial charge in [-0.15, -0.1) is 0 Å². The summed E-state index contributed by atoms with van der Waals surface area (Å²) in [5, 5.41) is 12.0. The molecule has 0 bridgehead atoms. The van der Waals surface area contributed by atoms with Gasteiger partial charge in [-0.05, 0) is 26.2 Å². The Morgan fingerprint density at radius 1 is 1.33 bits per heavy atom. The minimum atomic E-state index is -0.843. The molecule has 1 aliphatic carbocycles. The minimum absolute atomic E-state index is 0.0254. The smallest absolute Gasteiger partial charge is 0.311 e. The lowest BCUT2D eigenvalue weighted by molar-refractivity contribution is -0.149. The Morgan fingerprint density at radius 3 is 2.39 bits per heavy atom. The molecule has 1 fully saturated rings. The predicted molar refractivity (Wildman–Crippen MR) is 67.2 cm³/mol. The number of hydrogen-bond acceptors (Lipinski definition) is 3. The van der Waals surface area contributed by atoms with Crippen LogP contribution < -0.4 is 5.32 Å². The SMILES string of the molecule is CCOC1CC1C(=O)NCC(CC)(CC)C(=O)O. The largest absolute Gasteiger partial charge is 0.481 e. The number of rotatable bonds is 8. The summed E-state index contributed by atoms with van der Waals surface area (Å²) in [5.41, 5.74) is -0.842. The van der Waals surface area contributed by atoms with Crippen LogP contribution in [0.5, 0.6) is 0 Å². The molecule has 5 heteroatoms. The van der Waals surface area contributed by atoms with Crippen molar-refractivity contribution in [2.45, 2.75) is 46.1 Å². The highest BCUT2D eigenvalue weighted by Gasteiger charge is 2.45. The fraction of sp³-hybridized carbons (Fsp3) is 0.846. The number of nitrogens with one attached hydrogen (secondary N) is 1. The topological polar surface area (TPSA) is 75.6 Å². The van der Waals surface area contributed by atoms with Crippen LogP contribution in [0, 0.1) is 11.3 Å². The van der Waals surface area contributed by atoms with Gasteiger partial charge in [0.15, 0.2) is 0 Å². The van der Waals surface area contributed by atoms with E-state index in [0.717, 1.165) is 6.42 Å². The number of aliphatic carboxylic acids is 1. The fourth-order valence-electron chi connectivity index (χ4n) is 2.11. The van der Waals surface area contributed by atoms with Gasteiger partial charge in [-0.25, -0.2) is 0 Å². The Morgan fingerprint density at radius 2 is 1.94 bits per heavy atom. The summed E-state index contributed by atoms with van der Waals surface area (Å²) in [7, 11) is 0. The maximum atomic E-state index is 11.8. The Labute approximate surface area is 108 Å². The highest BCUT2D eigenvalue weighted by atomic mass is 16.5. The predicted octanol–water partition coefficient (Wildman–Crippen LogP) is 1.42. The summed E-state index contributed by atoms with van der Waals surface area (Å²) in [5.74, 6) is -1.02. The van der Waals surface area contributed by atoms with Gasteiger partial charge in [-0.1, -0.05) is 13.8 Å². The average molecular weight is 257 g/mol. The van der Waals surface area contributed by atoms with E-state index in [2.05, 4.69) is 5.32 Å². The molecule has 2 N–H and O–H groups in total. The molecule has 0 aliphatic heterocycles. The van der Waals surface area contributed by atoms with Crippen molar-refractivity contribution < 1.29 is 19.4 Å². The molecule has 18 heavy (non-hydrogen) atoms. The first-order valence-electron chi connectivity index (χ1n) is 6.63. The summed E-state index contributed by atoms with van der Waals surface area (Å²) < 4.78 is 5.34. The summed E-state index contributed by atoms with van der Waals surface area (Å²) in [6.45, 7) is 6.38. The Kier molecular flexibility index (Phi) is 5.14. The van der Waals surface area contributed by atoms with E-state index in [-0.39, 0.29) is 24.5 Å². The third-order valence-corrected chi connectivity index (χ3v) is 3.86. The van der Waals surface area contributed by atoms with Crippen LogP contribution in [0.1, 0.15) is 40.0 Å². The molecule has 104 valence electrons. The lowest BCUT2D eigenvalue weighted by atomic mass is 9.82. The molecule has 0 radical (unpaired) electrons. The highest BCUT2D eigenvalue weighted by Crippen LogP contribution is 2.34. The molecule has 1 amide bonds. The van der Waals surface area contributed by atoms with Crippen LogP contribution in [0.25, 0.3) is 0 Å². The van der Waals surface area contributed by atoms with Crippen LogP contribution in [0.15, 0.2) is 0 Å². The Balaban J connectivity index is 2.44. The first kappa shape index (κ1) is 15.0. The minimum Gasteiger partial charge on any atom is -0.481 e. The first-order valence-corrected chi connectivity index (χ1v) is 6.63. The standard InChI is InChI=1S/C13H23NO4/c1-4-13(5-2,12(16)17)8-14-11(15)9-7-10(9)18-6-3/h9-10H,4-8H2,1-3H3,(H,14,15)(H,16,17). The van der Waals surface area contributed by atoms with E-state index in [1.807, 2.05) is 20.8 Å². The van der Waals surface area contributed by atoms with Crippen LogP contribution >= 0.6 is 0 Å². The third-order valence-electron chi connectivity index (χ3n) is 3.86. The summed E-state index contributed by atoms with van der Waals surface area (Å²) in [4.78, 5) is 23.1. The van der Waals surface area contributed by atoms with Crippen LogP contribution in [0.4, 0.5) is 0 Å². The van der Waals surface area contributed by atoms with Gasteiger partial charge in [-0.3, -0.25) is 9.59 Å². The molecule has 0 aromatic rings. The van der Waals surface area contributed by atoms with E-state index in [1.54, 1.807) is 0 Å². The van der Waals surface area contributed by atoms with Gasteiger partial charge in [0.1, 0.15) is 0 Å². The molecule has 1 aliphatic rings. The van der Waals surface area contributed by atoms with Crippen LogP contribution in [0.3, 0.4) is 0 Å². The summed E-state index contributed by atoms with van der Waals surface area (Å²) in [6, 6.07) is 0. The molecule has 5 nitrogen and oxygen atoms in total. The Bertz CT molecular complexity index is 312. The molecular weight excluding hydrogens is 234 g/mol. The number of carboxylic acids is 1. The highest BCUT2D eigenvalue weighted by molar-refractivity contribution is 5.83. The lowest BCUT2D eigenvalue weighted by Crippen LogP contribution is -2.43. The van der Waals surface area contributed by atoms with Crippen molar-refractivity contribution in [3.63, 3.8) is 0 Å². The number of carboxylic acid groups (broad SMARTS) is 1. The summed E-state index contributed by atoms with van der Waals surface area (Å²) >= 11 is 0. The lowest BCUT2D eigenvalue weighted by Gasteiger charge is -2.26. The molecule has 0 saturated heterocycles. The summed E-state index contributed by atoms with van der Waals surface area (Å²) in [6.07, 6.45) is 1.80. The van der Waals surface area contributed by atoms with E-state index < -0.39 is 11.4 Å². The molecule has 2 atom stereocenters. The molecule has 1 rings (SSSR count). The second kappa shape index (κ2) is 6.18. The number of hydrogen-bond donors (Lipinski definition) is 2. The van der Waals surface area contributed by atoms with Crippen molar-refractivity contribution in [1.29, 1.82) is 0 Å². The molecule has 0 heterocycles. The molecule has 2 unspecified atom stereocenters. The van der Waals surface area contributed by atoms with E-state index in [1.165, 1.54) is 0 Å². The molecule has 0 spiro atoms. The molecule has 0 aromatic heterocycles. The van der Waals surface area contributed by atoms with Crippen molar-refractivity contribution in [1.82, 2.24) is 5.32 Å². The average Bonchev–Trinajstić information content (AvgIpc) is 3.10. The van der Waals surface area contributed by atoms with Gasteiger partial charge < -0.3 is 15.2 Å². The van der Waals surface area contributed by atoms with Crippen LogP contribution in [-0.4, -0.2) is 36.2 Å². The first-order chi connectivity index (χ1) is 8.50. The third kappa shape index (κ3) is 3.22. The van der Waals surface area contributed by atoms with Gasteiger partial charge in [-0.2, -0.15) is 0 Å². The van der Waals surface area contributed by atoms with E-state index in [4.69, 9.17) is 4.74 Å².